The van der Waals surface area contributed by atoms with Crippen molar-refractivity contribution in [2.75, 3.05) is 11.3 Å². The Hall–Kier alpha value is -0.800. The standard InChI is InChI=1S/C20H34NO3PS/c1-13(2)21(25(7,24)15-10-8-14(3)9-11-15)16-12-17(20(4,5)6)26-18(16)19(22)23/h12-15H,8-11H2,1-7H3,(H,22,23). The molecule has 148 valence electrons. The van der Waals surface area contributed by atoms with E-state index in [-0.39, 0.29) is 17.1 Å². The van der Waals surface area contributed by atoms with Gasteiger partial charge in [0.25, 0.3) is 0 Å². The van der Waals surface area contributed by atoms with Gasteiger partial charge in [-0.3, -0.25) is 0 Å². The lowest BCUT2D eigenvalue weighted by Gasteiger charge is -2.41. The van der Waals surface area contributed by atoms with Gasteiger partial charge in [-0.2, -0.15) is 0 Å². The van der Waals surface area contributed by atoms with Crippen molar-refractivity contribution in [2.24, 2.45) is 5.92 Å². The predicted octanol–water partition coefficient (Wildman–Crippen LogP) is 6.45. The molecule has 1 aliphatic rings. The SMILES string of the molecule is CC1CCC(P(C)(=O)N(c2cc(C(C)(C)C)sc2C(=O)O)C(C)C)CC1. The van der Waals surface area contributed by atoms with E-state index >= 15 is 0 Å². The second kappa shape index (κ2) is 7.67. The first-order valence-corrected chi connectivity index (χ1v) is 12.6. The minimum Gasteiger partial charge on any atom is -0.477 e. The molecule has 1 saturated carbocycles. The Morgan fingerprint density at radius 2 is 1.81 bits per heavy atom. The van der Waals surface area contributed by atoms with Crippen LogP contribution in [0.25, 0.3) is 0 Å². The number of carbonyl (C=O) groups is 1. The molecule has 1 atom stereocenters. The van der Waals surface area contributed by atoms with Gasteiger partial charge in [0.15, 0.2) is 7.29 Å². The minimum atomic E-state index is -2.71. The van der Waals surface area contributed by atoms with Crippen LogP contribution in [0.5, 0.6) is 0 Å². The third-order valence-electron chi connectivity index (χ3n) is 5.47. The van der Waals surface area contributed by atoms with Gasteiger partial charge in [-0.25, -0.2) is 4.79 Å². The van der Waals surface area contributed by atoms with Gasteiger partial charge in [0, 0.05) is 23.2 Å². The highest BCUT2D eigenvalue weighted by molar-refractivity contribution is 7.65. The van der Waals surface area contributed by atoms with E-state index in [9.17, 15) is 14.5 Å². The lowest BCUT2D eigenvalue weighted by molar-refractivity contribution is 0.0703. The molecule has 0 aromatic carbocycles. The maximum absolute atomic E-state index is 14.0. The number of carboxylic acid groups (broad SMARTS) is 1. The average Bonchev–Trinajstić information content (AvgIpc) is 2.92. The van der Waals surface area contributed by atoms with Gasteiger partial charge in [-0.15, -0.1) is 11.3 Å². The molecule has 0 saturated heterocycles. The van der Waals surface area contributed by atoms with Crippen LogP contribution in [-0.4, -0.2) is 29.4 Å². The van der Waals surface area contributed by atoms with Gasteiger partial charge in [0.05, 0.1) is 5.69 Å². The highest BCUT2D eigenvalue weighted by Gasteiger charge is 2.40. The normalized spacial score (nSPS) is 23.7. The number of rotatable bonds is 5. The van der Waals surface area contributed by atoms with Crippen molar-refractivity contribution in [3.05, 3.63) is 15.8 Å². The van der Waals surface area contributed by atoms with Gasteiger partial charge in [-0.1, -0.05) is 27.7 Å². The molecule has 0 bridgehead atoms. The van der Waals surface area contributed by atoms with E-state index in [1.165, 1.54) is 11.3 Å². The smallest absolute Gasteiger partial charge is 0.348 e. The van der Waals surface area contributed by atoms with Gasteiger partial charge < -0.3 is 14.3 Å². The van der Waals surface area contributed by atoms with E-state index in [2.05, 4.69) is 27.7 Å². The Morgan fingerprint density at radius 1 is 1.27 bits per heavy atom. The number of hydrogen-bond donors (Lipinski definition) is 1. The van der Waals surface area contributed by atoms with Gasteiger partial charge >= 0.3 is 5.97 Å². The summed E-state index contributed by atoms with van der Waals surface area (Å²) < 4.78 is 15.9. The van der Waals surface area contributed by atoms with E-state index in [0.717, 1.165) is 30.6 Å². The number of carboxylic acids is 1. The van der Waals surface area contributed by atoms with Crippen molar-refractivity contribution >= 4 is 30.3 Å². The highest BCUT2D eigenvalue weighted by atomic mass is 32.1. The van der Waals surface area contributed by atoms with E-state index < -0.39 is 13.3 Å². The molecule has 1 N–H and O–H groups in total. The molecule has 1 aromatic rings. The van der Waals surface area contributed by atoms with Crippen LogP contribution < -0.4 is 4.67 Å². The quantitative estimate of drug-likeness (QED) is 0.578. The molecule has 0 amide bonds. The van der Waals surface area contributed by atoms with E-state index in [1.54, 1.807) is 0 Å². The molecule has 0 spiro atoms. The summed E-state index contributed by atoms with van der Waals surface area (Å²) in [5, 5.41) is 9.78. The third-order valence-corrected chi connectivity index (χ3v) is 10.4. The summed E-state index contributed by atoms with van der Waals surface area (Å²) in [6, 6.07) is 1.96. The Kier molecular flexibility index (Phi) is 6.35. The molecule has 26 heavy (non-hydrogen) atoms. The molecule has 1 fully saturated rings. The summed E-state index contributed by atoms with van der Waals surface area (Å²) in [5.41, 5.74) is 0.668. The van der Waals surface area contributed by atoms with Crippen LogP contribution in [0.2, 0.25) is 0 Å². The molecule has 6 heteroatoms. The summed E-state index contributed by atoms with van der Waals surface area (Å²) in [6.45, 7) is 14.4. The van der Waals surface area contributed by atoms with Crippen molar-refractivity contribution in [1.29, 1.82) is 0 Å². The molecule has 2 rings (SSSR count). The summed E-state index contributed by atoms with van der Waals surface area (Å²) in [4.78, 5) is 13.3. The summed E-state index contributed by atoms with van der Waals surface area (Å²) >= 11 is 1.32. The summed E-state index contributed by atoms with van der Waals surface area (Å²) in [7, 11) is -2.71. The fourth-order valence-electron chi connectivity index (χ4n) is 3.92. The first-order valence-electron chi connectivity index (χ1n) is 9.60. The van der Waals surface area contributed by atoms with Crippen molar-refractivity contribution < 1.29 is 14.5 Å². The zero-order chi connectivity index (χ0) is 19.9. The summed E-state index contributed by atoms with van der Waals surface area (Å²) in [6.07, 6.45) is 4.15. The molecule has 4 nitrogen and oxygen atoms in total. The van der Waals surface area contributed by atoms with Crippen LogP contribution in [0, 0.1) is 5.92 Å². The van der Waals surface area contributed by atoms with E-state index in [4.69, 9.17) is 0 Å². The fraction of sp³-hybridized carbons (Fsp3) is 0.750. The van der Waals surface area contributed by atoms with Crippen LogP contribution in [0.15, 0.2) is 6.07 Å². The zero-order valence-corrected chi connectivity index (χ0v) is 18.9. The maximum atomic E-state index is 14.0. The van der Waals surface area contributed by atoms with E-state index in [1.807, 2.05) is 31.2 Å². The lowest BCUT2D eigenvalue weighted by atomic mass is 9.91. The third kappa shape index (κ3) is 4.36. The largest absolute Gasteiger partial charge is 0.477 e. The van der Waals surface area contributed by atoms with Gasteiger partial charge in [0.1, 0.15) is 4.88 Å². The Balaban J connectivity index is 2.51. The first kappa shape index (κ1) is 21.5. The molecule has 1 heterocycles. The topological polar surface area (TPSA) is 57.6 Å². The molecule has 0 radical (unpaired) electrons. The van der Waals surface area contributed by atoms with Crippen LogP contribution >= 0.6 is 18.6 Å². The predicted molar refractivity (Wildman–Crippen MR) is 113 cm³/mol. The molecular weight excluding hydrogens is 365 g/mol. The second-order valence-electron chi connectivity index (χ2n) is 9.18. The van der Waals surface area contributed by atoms with Crippen LogP contribution in [0.1, 0.15) is 81.8 Å². The number of hydrogen-bond acceptors (Lipinski definition) is 3. The van der Waals surface area contributed by atoms with Crippen molar-refractivity contribution in [3.8, 4) is 0 Å². The number of anilines is 1. The Labute approximate surface area is 162 Å². The maximum Gasteiger partial charge on any atom is 0.348 e. The second-order valence-corrected chi connectivity index (χ2v) is 13.3. The zero-order valence-electron chi connectivity index (χ0n) is 17.2. The minimum absolute atomic E-state index is 0.00861. The van der Waals surface area contributed by atoms with Crippen molar-refractivity contribution in [3.63, 3.8) is 0 Å². The monoisotopic (exact) mass is 399 g/mol. The Bertz CT molecular complexity index is 696. The van der Waals surface area contributed by atoms with Crippen LogP contribution in [0.3, 0.4) is 0 Å². The van der Waals surface area contributed by atoms with E-state index in [0.29, 0.717) is 16.5 Å². The molecular formula is C20H34NO3PS. The molecule has 1 aliphatic carbocycles. The van der Waals surface area contributed by atoms with Crippen LogP contribution in [-0.2, 0) is 9.98 Å². The first-order chi connectivity index (χ1) is 11.9. The van der Waals surface area contributed by atoms with Crippen molar-refractivity contribution in [2.45, 2.75) is 84.3 Å². The Morgan fingerprint density at radius 3 is 2.23 bits per heavy atom. The number of aromatic carboxylic acids is 1. The highest BCUT2D eigenvalue weighted by Crippen LogP contribution is 2.60. The average molecular weight is 400 g/mol. The van der Waals surface area contributed by atoms with Crippen LogP contribution in [0.4, 0.5) is 5.69 Å². The van der Waals surface area contributed by atoms with Gasteiger partial charge in [0.2, 0.25) is 0 Å². The number of nitrogens with zero attached hydrogens (tertiary/aromatic N) is 1. The van der Waals surface area contributed by atoms with Crippen molar-refractivity contribution in [1.82, 2.24) is 0 Å². The lowest BCUT2D eigenvalue weighted by Crippen LogP contribution is -2.34. The fourth-order valence-corrected chi connectivity index (χ4v) is 8.15. The molecule has 0 aliphatic heterocycles. The summed E-state index contributed by atoms with van der Waals surface area (Å²) in [5.74, 6) is -0.231. The number of thiophene rings is 1. The van der Waals surface area contributed by atoms with Gasteiger partial charge in [-0.05, 0) is 56.9 Å². The molecule has 1 aromatic heterocycles. The molecule has 1 unspecified atom stereocenters.